The first-order valence-electron chi connectivity index (χ1n) is 10.3. The summed E-state index contributed by atoms with van der Waals surface area (Å²) in [5.74, 6) is -0.225. The Labute approximate surface area is 199 Å². The summed E-state index contributed by atoms with van der Waals surface area (Å²) < 4.78 is 3.32. The number of hydrazone groups is 1. The first-order valence-corrected chi connectivity index (χ1v) is 11.4. The summed E-state index contributed by atoms with van der Waals surface area (Å²) in [5, 5.41) is 7.81. The second-order valence-electron chi connectivity index (χ2n) is 7.57. The normalized spacial score (nSPS) is 11.4. The number of nitrogens with zero attached hydrogens (tertiary/aromatic N) is 2. The Morgan fingerprint density at radius 3 is 2.44 bits per heavy atom. The van der Waals surface area contributed by atoms with E-state index in [0.29, 0.717) is 5.56 Å². The summed E-state index contributed by atoms with van der Waals surface area (Å²) in [5.41, 5.74) is 6.57. The number of benzene rings is 4. The second-order valence-corrected chi connectivity index (χ2v) is 8.82. The number of carbonyl (C=O) groups is 1. The molecule has 1 heterocycles. The highest BCUT2D eigenvalue weighted by molar-refractivity contribution is 14.1. The van der Waals surface area contributed by atoms with Crippen LogP contribution in [-0.4, -0.2) is 16.7 Å². The van der Waals surface area contributed by atoms with Crippen LogP contribution in [0.3, 0.4) is 0 Å². The van der Waals surface area contributed by atoms with E-state index in [1.165, 1.54) is 16.3 Å². The molecule has 0 radical (unpaired) electrons. The zero-order valence-corrected chi connectivity index (χ0v) is 19.4. The Hall–Kier alpha value is -3.45. The van der Waals surface area contributed by atoms with E-state index in [4.69, 9.17) is 0 Å². The summed E-state index contributed by atoms with van der Waals surface area (Å²) in [7, 11) is 0. The Morgan fingerprint density at radius 1 is 0.875 bits per heavy atom. The number of nitrogens with one attached hydrogen (secondary N) is 1. The molecule has 5 rings (SSSR count). The predicted molar refractivity (Wildman–Crippen MR) is 139 cm³/mol. The van der Waals surface area contributed by atoms with Gasteiger partial charge in [-0.1, -0.05) is 60.7 Å². The maximum Gasteiger partial charge on any atom is 0.271 e. The minimum Gasteiger partial charge on any atom is -0.342 e. The molecule has 4 aromatic carbocycles. The van der Waals surface area contributed by atoms with Gasteiger partial charge in [0.15, 0.2) is 0 Å². The Balaban J connectivity index is 1.43. The molecule has 0 bridgehead atoms. The topological polar surface area (TPSA) is 46.4 Å². The van der Waals surface area contributed by atoms with Gasteiger partial charge in [-0.3, -0.25) is 4.79 Å². The van der Waals surface area contributed by atoms with Crippen LogP contribution in [0.25, 0.3) is 21.7 Å². The number of rotatable bonds is 5. The zero-order chi connectivity index (χ0) is 21.9. The largest absolute Gasteiger partial charge is 0.342 e. The standard InChI is InChI=1S/C27H20IN3O/c28-23-14-12-20(13-15-23)27(32)30-29-16-22-18-31(26-11-4-3-10-25(22)26)17-21-8-5-7-19-6-1-2-9-24(19)21/h1-16,18H,17H2,(H,30,32)/b29-16-. The predicted octanol–water partition coefficient (Wildman–Crippen LogP) is 6.21. The third-order valence-electron chi connectivity index (χ3n) is 5.52. The molecule has 1 amide bonds. The van der Waals surface area contributed by atoms with Crippen molar-refractivity contribution in [3.8, 4) is 0 Å². The SMILES string of the molecule is O=C(N/N=C\c1cn(Cc2cccc3ccccc23)c2ccccc12)c1ccc(I)cc1. The van der Waals surface area contributed by atoms with Gasteiger partial charge in [0.25, 0.3) is 5.91 Å². The second kappa shape index (κ2) is 8.96. The molecule has 1 N–H and O–H groups in total. The number of para-hydroxylation sites is 1. The molecule has 4 nitrogen and oxygen atoms in total. The van der Waals surface area contributed by atoms with Crippen LogP contribution in [-0.2, 0) is 6.54 Å². The van der Waals surface area contributed by atoms with Crippen LogP contribution < -0.4 is 5.43 Å². The van der Waals surface area contributed by atoms with Gasteiger partial charge in [-0.2, -0.15) is 5.10 Å². The van der Waals surface area contributed by atoms with Gasteiger partial charge in [0.05, 0.1) is 6.21 Å². The highest BCUT2D eigenvalue weighted by Gasteiger charge is 2.09. The van der Waals surface area contributed by atoms with Crippen molar-refractivity contribution >= 4 is 56.4 Å². The zero-order valence-electron chi connectivity index (χ0n) is 17.2. The quantitative estimate of drug-likeness (QED) is 0.164. The molecule has 0 aliphatic heterocycles. The van der Waals surface area contributed by atoms with E-state index in [2.05, 4.69) is 98.5 Å². The van der Waals surface area contributed by atoms with Gasteiger partial charge >= 0.3 is 0 Å². The van der Waals surface area contributed by atoms with Crippen molar-refractivity contribution in [3.63, 3.8) is 0 Å². The third-order valence-corrected chi connectivity index (χ3v) is 6.24. The Morgan fingerprint density at radius 2 is 1.59 bits per heavy atom. The maximum atomic E-state index is 12.3. The molecule has 0 fully saturated rings. The number of aromatic nitrogens is 1. The van der Waals surface area contributed by atoms with Crippen LogP contribution in [0.4, 0.5) is 0 Å². The highest BCUT2D eigenvalue weighted by atomic mass is 127. The summed E-state index contributed by atoms with van der Waals surface area (Å²) in [4.78, 5) is 12.3. The van der Waals surface area contributed by atoms with Crippen LogP contribution in [0.1, 0.15) is 21.5 Å². The van der Waals surface area contributed by atoms with Gasteiger partial charge in [0, 0.05) is 38.3 Å². The highest BCUT2D eigenvalue weighted by Crippen LogP contribution is 2.24. The number of amides is 1. The van der Waals surface area contributed by atoms with Crippen molar-refractivity contribution < 1.29 is 4.79 Å². The Bertz CT molecular complexity index is 1450. The summed E-state index contributed by atoms with van der Waals surface area (Å²) in [6.07, 6.45) is 3.81. The molecule has 0 saturated heterocycles. The molecule has 5 aromatic rings. The fourth-order valence-electron chi connectivity index (χ4n) is 3.95. The minimum atomic E-state index is -0.225. The van der Waals surface area contributed by atoms with Gasteiger partial charge in [0.1, 0.15) is 0 Å². The molecular weight excluding hydrogens is 509 g/mol. The monoisotopic (exact) mass is 529 g/mol. The molecule has 0 spiro atoms. The third kappa shape index (κ3) is 4.16. The number of hydrogen-bond acceptors (Lipinski definition) is 2. The van der Waals surface area contributed by atoms with Gasteiger partial charge in [-0.15, -0.1) is 0 Å². The van der Waals surface area contributed by atoms with E-state index in [0.717, 1.165) is 26.6 Å². The number of halogens is 1. The van der Waals surface area contributed by atoms with E-state index < -0.39 is 0 Å². The van der Waals surface area contributed by atoms with Crippen molar-refractivity contribution in [1.82, 2.24) is 9.99 Å². The Kier molecular flexibility index (Phi) is 5.73. The lowest BCUT2D eigenvalue weighted by Gasteiger charge is -2.09. The van der Waals surface area contributed by atoms with Gasteiger partial charge in [-0.25, -0.2) is 5.43 Å². The lowest BCUT2D eigenvalue weighted by atomic mass is 10.0. The van der Waals surface area contributed by atoms with Crippen molar-refractivity contribution in [2.24, 2.45) is 5.10 Å². The minimum absolute atomic E-state index is 0.225. The van der Waals surface area contributed by atoms with Crippen LogP contribution in [0.15, 0.2) is 102 Å². The van der Waals surface area contributed by atoms with Crippen LogP contribution in [0.5, 0.6) is 0 Å². The first-order chi connectivity index (χ1) is 15.7. The molecular formula is C27H20IN3O. The fourth-order valence-corrected chi connectivity index (χ4v) is 4.31. The van der Waals surface area contributed by atoms with Crippen molar-refractivity contribution in [2.75, 3.05) is 0 Å². The number of hydrogen-bond donors (Lipinski definition) is 1. The fraction of sp³-hybridized carbons (Fsp3) is 0.0370. The van der Waals surface area contributed by atoms with Crippen LogP contribution in [0, 0.1) is 3.57 Å². The van der Waals surface area contributed by atoms with E-state index in [9.17, 15) is 4.79 Å². The molecule has 32 heavy (non-hydrogen) atoms. The molecule has 0 unspecified atom stereocenters. The molecule has 1 aromatic heterocycles. The smallest absolute Gasteiger partial charge is 0.271 e. The van der Waals surface area contributed by atoms with Crippen LogP contribution >= 0.6 is 22.6 Å². The van der Waals surface area contributed by atoms with Crippen molar-refractivity contribution in [1.29, 1.82) is 0 Å². The van der Waals surface area contributed by atoms with E-state index in [1.54, 1.807) is 18.3 Å². The van der Waals surface area contributed by atoms with Gasteiger partial charge in [-0.05, 0) is 69.3 Å². The van der Waals surface area contributed by atoms with E-state index >= 15 is 0 Å². The molecule has 0 aliphatic carbocycles. The molecule has 5 heteroatoms. The van der Waals surface area contributed by atoms with Crippen LogP contribution in [0.2, 0.25) is 0 Å². The molecule has 0 atom stereocenters. The average molecular weight is 529 g/mol. The number of carbonyl (C=O) groups excluding carboxylic acids is 1. The van der Waals surface area contributed by atoms with Gasteiger partial charge in [0.2, 0.25) is 0 Å². The molecule has 0 saturated carbocycles. The van der Waals surface area contributed by atoms with Crippen molar-refractivity contribution in [2.45, 2.75) is 6.54 Å². The van der Waals surface area contributed by atoms with E-state index in [-0.39, 0.29) is 5.91 Å². The van der Waals surface area contributed by atoms with E-state index in [1.807, 2.05) is 24.3 Å². The van der Waals surface area contributed by atoms with Gasteiger partial charge < -0.3 is 4.57 Å². The summed E-state index contributed by atoms with van der Waals surface area (Å²) in [6, 6.07) is 30.5. The first kappa shape index (κ1) is 20.5. The van der Waals surface area contributed by atoms with Crippen molar-refractivity contribution in [3.05, 3.63) is 117 Å². The molecule has 0 aliphatic rings. The summed E-state index contributed by atoms with van der Waals surface area (Å²) in [6.45, 7) is 0.755. The number of fused-ring (bicyclic) bond motifs is 2. The lowest BCUT2D eigenvalue weighted by molar-refractivity contribution is 0.0955. The summed E-state index contributed by atoms with van der Waals surface area (Å²) >= 11 is 2.22. The average Bonchev–Trinajstić information content (AvgIpc) is 3.17. The maximum absolute atomic E-state index is 12.3. The molecule has 156 valence electrons. The lowest BCUT2D eigenvalue weighted by Crippen LogP contribution is -2.17.